The van der Waals surface area contributed by atoms with Crippen LogP contribution in [0.3, 0.4) is 0 Å². The Morgan fingerprint density at radius 1 is 1.33 bits per heavy atom. The highest BCUT2D eigenvalue weighted by molar-refractivity contribution is 9.10. The van der Waals surface area contributed by atoms with E-state index in [2.05, 4.69) is 57.4 Å². The summed E-state index contributed by atoms with van der Waals surface area (Å²) in [6, 6.07) is 8.98. The highest BCUT2D eigenvalue weighted by atomic mass is 79.9. The number of fused-ring (bicyclic) bond motifs is 1. The molecule has 0 saturated heterocycles. The molecule has 1 atom stereocenters. The van der Waals surface area contributed by atoms with Crippen molar-refractivity contribution in [3.63, 3.8) is 0 Å². The Balaban J connectivity index is 1.84. The highest BCUT2D eigenvalue weighted by Gasteiger charge is 2.17. The molecule has 0 saturated carbocycles. The number of rotatable bonds is 5. The third-order valence-corrected chi connectivity index (χ3v) is 4.20. The van der Waals surface area contributed by atoms with Gasteiger partial charge < -0.3 is 10.1 Å². The molecule has 1 aliphatic heterocycles. The van der Waals surface area contributed by atoms with Crippen LogP contribution in [0.15, 0.2) is 41.1 Å². The summed E-state index contributed by atoms with van der Waals surface area (Å²) in [5, 5.41) is 3.57. The molecule has 21 heavy (non-hydrogen) atoms. The molecule has 0 radical (unpaired) electrons. The third-order valence-electron chi connectivity index (χ3n) is 3.77. The lowest BCUT2D eigenvalue weighted by Crippen LogP contribution is -2.23. The molecule has 0 bridgehead atoms. The van der Waals surface area contributed by atoms with Crippen LogP contribution in [0, 0.1) is 0 Å². The first-order valence-electron chi connectivity index (χ1n) is 7.34. The van der Waals surface area contributed by atoms with Crippen LogP contribution in [0.1, 0.15) is 29.7 Å². The van der Waals surface area contributed by atoms with E-state index in [1.54, 1.807) is 0 Å². The zero-order valence-electron chi connectivity index (χ0n) is 12.1. The van der Waals surface area contributed by atoms with Crippen molar-refractivity contribution in [3.8, 4) is 5.75 Å². The van der Waals surface area contributed by atoms with Crippen LogP contribution >= 0.6 is 15.9 Å². The molecule has 1 N–H and O–H groups in total. The van der Waals surface area contributed by atoms with Crippen molar-refractivity contribution in [2.24, 2.45) is 0 Å². The molecule has 1 aliphatic rings. The number of hydrogen-bond acceptors (Lipinski definition) is 3. The number of aromatic nitrogens is 1. The summed E-state index contributed by atoms with van der Waals surface area (Å²) in [6.07, 6.45) is 5.70. The Kier molecular flexibility index (Phi) is 4.56. The van der Waals surface area contributed by atoms with Crippen LogP contribution in [0.2, 0.25) is 0 Å². The van der Waals surface area contributed by atoms with Gasteiger partial charge in [0, 0.05) is 29.3 Å². The number of ether oxygens (including phenoxy) is 1. The number of nitrogens with zero attached hydrogens (tertiary/aromatic N) is 1. The monoisotopic (exact) mass is 346 g/mol. The SMILES string of the molecule is CCNC(Cc1cncc(Br)c1)c1ccc2c(c1)CCO2. The Hall–Kier alpha value is -1.39. The third kappa shape index (κ3) is 3.44. The van der Waals surface area contributed by atoms with E-state index in [0.717, 1.165) is 36.2 Å². The lowest BCUT2D eigenvalue weighted by molar-refractivity contribution is 0.356. The summed E-state index contributed by atoms with van der Waals surface area (Å²) in [6.45, 7) is 3.89. The molecule has 3 nitrogen and oxygen atoms in total. The second kappa shape index (κ2) is 6.58. The van der Waals surface area contributed by atoms with Crippen molar-refractivity contribution in [2.45, 2.75) is 25.8 Å². The lowest BCUT2D eigenvalue weighted by Gasteiger charge is -2.19. The molecule has 2 aromatic rings. The van der Waals surface area contributed by atoms with Crippen LogP contribution in [0.4, 0.5) is 0 Å². The molecule has 0 spiro atoms. The highest BCUT2D eigenvalue weighted by Crippen LogP contribution is 2.29. The number of hydrogen-bond donors (Lipinski definition) is 1. The number of pyridine rings is 1. The van der Waals surface area contributed by atoms with E-state index in [4.69, 9.17) is 4.74 Å². The maximum absolute atomic E-state index is 5.59. The second-order valence-corrected chi connectivity index (χ2v) is 6.21. The average Bonchev–Trinajstić information content (AvgIpc) is 2.94. The molecule has 0 aliphatic carbocycles. The van der Waals surface area contributed by atoms with E-state index >= 15 is 0 Å². The Morgan fingerprint density at radius 3 is 3.05 bits per heavy atom. The largest absolute Gasteiger partial charge is 0.493 e. The van der Waals surface area contributed by atoms with Crippen LogP contribution < -0.4 is 10.1 Å². The number of halogens is 1. The predicted octanol–water partition coefficient (Wildman–Crippen LogP) is 3.67. The van der Waals surface area contributed by atoms with Gasteiger partial charge in [-0.05, 0) is 57.7 Å². The van der Waals surface area contributed by atoms with Crippen molar-refractivity contribution < 1.29 is 4.74 Å². The smallest absolute Gasteiger partial charge is 0.122 e. The molecule has 3 rings (SSSR count). The van der Waals surface area contributed by atoms with Gasteiger partial charge in [-0.3, -0.25) is 4.98 Å². The molecule has 4 heteroatoms. The first kappa shape index (κ1) is 14.5. The molecule has 110 valence electrons. The number of benzene rings is 1. The zero-order chi connectivity index (χ0) is 14.7. The van der Waals surface area contributed by atoms with E-state index < -0.39 is 0 Å². The van der Waals surface area contributed by atoms with Crippen LogP contribution in [0.5, 0.6) is 5.75 Å². The van der Waals surface area contributed by atoms with Crippen molar-refractivity contribution in [3.05, 3.63) is 57.8 Å². The van der Waals surface area contributed by atoms with Crippen molar-refractivity contribution in [2.75, 3.05) is 13.2 Å². The minimum absolute atomic E-state index is 0.303. The average molecular weight is 347 g/mol. The fourth-order valence-corrected chi connectivity index (χ4v) is 3.19. The van der Waals surface area contributed by atoms with E-state index in [1.165, 1.54) is 16.7 Å². The summed E-state index contributed by atoms with van der Waals surface area (Å²) in [4.78, 5) is 4.25. The lowest BCUT2D eigenvalue weighted by atomic mass is 9.97. The van der Waals surface area contributed by atoms with Crippen molar-refractivity contribution in [1.29, 1.82) is 0 Å². The normalized spacial score (nSPS) is 14.6. The van der Waals surface area contributed by atoms with Crippen LogP contribution in [0.25, 0.3) is 0 Å². The molecular weight excluding hydrogens is 328 g/mol. The van der Waals surface area contributed by atoms with Gasteiger partial charge in [-0.25, -0.2) is 0 Å². The van der Waals surface area contributed by atoms with Gasteiger partial charge in [-0.2, -0.15) is 0 Å². The van der Waals surface area contributed by atoms with Gasteiger partial charge in [0.25, 0.3) is 0 Å². The maximum Gasteiger partial charge on any atom is 0.122 e. The van der Waals surface area contributed by atoms with E-state index in [-0.39, 0.29) is 0 Å². The summed E-state index contributed by atoms with van der Waals surface area (Å²) < 4.78 is 6.62. The molecule has 1 aromatic heterocycles. The summed E-state index contributed by atoms with van der Waals surface area (Å²) in [5.41, 5.74) is 3.87. The predicted molar refractivity (Wildman–Crippen MR) is 87.7 cm³/mol. The van der Waals surface area contributed by atoms with Gasteiger partial charge in [-0.1, -0.05) is 19.1 Å². The van der Waals surface area contributed by atoms with Gasteiger partial charge in [0.1, 0.15) is 5.75 Å². The van der Waals surface area contributed by atoms with E-state index in [1.807, 2.05) is 12.4 Å². The minimum atomic E-state index is 0.303. The van der Waals surface area contributed by atoms with Gasteiger partial charge in [0.2, 0.25) is 0 Å². The first-order chi connectivity index (χ1) is 10.3. The van der Waals surface area contributed by atoms with Crippen LogP contribution in [-0.2, 0) is 12.8 Å². The van der Waals surface area contributed by atoms with Gasteiger partial charge >= 0.3 is 0 Å². The van der Waals surface area contributed by atoms with Crippen molar-refractivity contribution >= 4 is 15.9 Å². The Labute approximate surface area is 133 Å². The van der Waals surface area contributed by atoms with Gasteiger partial charge in [0.05, 0.1) is 6.61 Å². The van der Waals surface area contributed by atoms with Gasteiger partial charge in [-0.15, -0.1) is 0 Å². The molecule has 1 unspecified atom stereocenters. The fraction of sp³-hybridized carbons (Fsp3) is 0.353. The van der Waals surface area contributed by atoms with Crippen LogP contribution in [-0.4, -0.2) is 18.1 Å². The quantitative estimate of drug-likeness (QED) is 0.896. The Morgan fingerprint density at radius 2 is 2.24 bits per heavy atom. The fourth-order valence-electron chi connectivity index (χ4n) is 2.78. The number of nitrogens with one attached hydrogen (secondary N) is 1. The van der Waals surface area contributed by atoms with Crippen molar-refractivity contribution in [1.82, 2.24) is 10.3 Å². The van der Waals surface area contributed by atoms with E-state index in [0.29, 0.717) is 6.04 Å². The second-order valence-electron chi connectivity index (χ2n) is 5.29. The summed E-state index contributed by atoms with van der Waals surface area (Å²) in [5.74, 6) is 1.04. The molecule has 0 fully saturated rings. The molecule has 2 heterocycles. The summed E-state index contributed by atoms with van der Waals surface area (Å²) >= 11 is 3.49. The Bertz CT molecular complexity index is 630. The molecular formula is C17H19BrN2O. The summed E-state index contributed by atoms with van der Waals surface area (Å²) in [7, 11) is 0. The first-order valence-corrected chi connectivity index (χ1v) is 8.14. The standard InChI is InChI=1S/C17H19BrN2O/c1-2-20-16(8-12-7-15(18)11-19-10-12)13-3-4-17-14(9-13)5-6-21-17/h3-4,7,9-11,16,20H,2,5-6,8H2,1H3. The topological polar surface area (TPSA) is 34.2 Å². The maximum atomic E-state index is 5.59. The molecule has 1 aromatic carbocycles. The molecule has 0 amide bonds. The minimum Gasteiger partial charge on any atom is -0.493 e. The van der Waals surface area contributed by atoms with E-state index in [9.17, 15) is 0 Å². The zero-order valence-corrected chi connectivity index (χ0v) is 13.7. The van der Waals surface area contributed by atoms with Gasteiger partial charge in [0.15, 0.2) is 0 Å². The number of likely N-dealkylation sites (N-methyl/N-ethyl adjacent to an activating group) is 1.